The molecule has 0 aliphatic heterocycles. The summed E-state index contributed by atoms with van der Waals surface area (Å²) in [5.74, 6) is 1.39. The zero-order chi connectivity index (χ0) is 23.3. The fourth-order valence-corrected chi connectivity index (χ4v) is 6.20. The first-order chi connectivity index (χ1) is 15.7. The summed E-state index contributed by atoms with van der Waals surface area (Å²) < 4.78 is 36.1. The van der Waals surface area contributed by atoms with Crippen LogP contribution in [-0.4, -0.2) is 45.0 Å². The number of fused-ring (bicyclic) bond motifs is 2. The number of ether oxygens (including phenoxy) is 1. The van der Waals surface area contributed by atoms with Gasteiger partial charge in [0.1, 0.15) is 16.2 Å². The highest BCUT2D eigenvalue weighted by atomic mass is 35.5. The fraction of sp³-hybridized carbons (Fsp3) is 0.429. The lowest BCUT2D eigenvalue weighted by Gasteiger charge is -2.21. The summed E-state index contributed by atoms with van der Waals surface area (Å²) in [7, 11) is -2.52. The molecule has 0 aromatic carbocycles. The Morgan fingerprint density at radius 1 is 1.21 bits per heavy atom. The van der Waals surface area contributed by atoms with Gasteiger partial charge in [-0.1, -0.05) is 11.6 Å². The number of carbonyl (C=O) groups is 1. The first-order valence-electron chi connectivity index (χ1n) is 10.7. The molecule has 10 nitrogen and oxygen atoms in total. The van der Waals surface area contributed by atoms with Crippen LogP contribution in [0.25, 0.3) is 5.82 Å². The number of hydrogen-bond donors (Lipinski definition) is 1. The molecule has 3 aromatic rings. The second-order valence-corrected chi connectivity index (χ2v) is 10.6. The van der Waals surface area contributed by atoms with Crippen molar-refractivity contribution in [2.45, 2.75) is 43.6 Å². The third kappa shape index (κ3) is 4.22. The number of aryl methyl sites for hydroxylation is 2. The number of hydrogen-bond acceptors (Lipinski definition) is 7. The molecule has 33 heavy (non-hydrogen) atoms. The van der Waals surface area contributed by atoms with E-state index in [1.165, 1.54) is 47.0 Å². The molecule has 1 amide bonds. The van der Waals surface area contributed by atoms with Crippen molar-refractivity contribution in [3.05, 3.63) is 47.0 Å². The van der Waals surface area contributed by atoms with Crippen LogP contribution in [0.15, 0.2) is 35.5 Å². The van der Waals surface area contributed by atoms with Gasteiger partial charge in [-0.15, -0.1) is 5.10 Å². The first-order valence-corrected chi connectivity index (χ1v) is 12.5. The van der Waals surface area contributed by atoms with E-state index in [1.807, 2.05) is 4.72 Å². The summed E-state index contributed by atoms with van der Waals surface area (Å²) in [6.45, 7) is 1.54. The highest BCUT2D eigenvalue weighted by Crippen LogP contribution is 2.45. The Hall–Kier alpha value is -2.92. The number of pyridine rings is 1. The van der Waals surface area contributed by atoms with Crippen molar-refractivity contribution in [2.75, 3.05) is 0 Å². The lowest BCUT2D eigenvalue weighted by atomic mass is 9.98. The average Bonchev–Trinajstić information content (AvgIpc) is 3.53. The van der Waals surface area contributed by atoms with Crippen LogP contribution < -0.4 is 9.46 Å². The maximum atomic E-state index is 12.6. The summed E-state index contributed by atoms with van der Waals surface area (Å²) in [4.78, 5) is 16.7. The molecule has 2 fully saturated rings. The van der Waals surface area contributed by atoms with Gasteiger partial charge >= 0.3 is 0 Å². The van der Waals surface area contributed by atoms with Crippen LogP contribution in [0.2, 0.25) is 5.15 Å². The zero-order valence-corrected chi connectivity index (χ0v) is 19.7. The Kier molecular flexibility index (Phi) is 5.40. The smallest absolute Gasteiger partial charge is 0.268 e. The largest absolute Gasteiger partial charge is 0.473 e. The van der Waals surface area contributed by atoms with Gasteiger partial charge in [-0.05, 0) is 56.6 Å². The van der Waals surface area contributed by atoms with Crippen LogP contribution in [0.5, 0.6) is 5.88 Å². The molecule has 2 aliphatic carbocycles. The van der Waals surface area contributed by atoms with Crippen molar-refractivity contribution in [3.63, 3.8) is 0 Å². The highest BCUT2D eigenvalue weighted by molar-refractivity contribution is 7.90. The van der Waals surface area contributed by atoms with Crippen molar-refractivity contribution in [2.24, 2.45) is 18.9 Å². The van der Waals surface area contributed by atoms with Gasteiger partial charge in [0.25, 0.3) is 15.9 Å². The van der Waals surface area contributed by atoms with E-state index < -0.39 is 15.9 Å². The van der Waals surface area contributed by atoms with Gasteiger partial charge in [-0.25, -0.2) is 22.8 Å². The summed E-state index contributed by atoms with van der Waals surface area (Å²) in [5, 5.41) is 8.27. The summed E-state index contributed by atoms with van der Waals surface area (Å²) >= 11 is 6.22. The van der Waals surface area contributed by atoms with E-state index in [2.05, 4.69) is 15.2 Å². The molecular formula is C21H23ClN6O4S. The Morgan fingerprint density at radius 2 is 2.03 bits per heavy atom. The van der Waals surface area contributed by atoms with Crippen molar-refractivity contribution in [1.29, 1.82) is 0 Å². The molecule has 0 spiro atoms. The minimum absolute atomic E-state index is 0.0730. The van der Waals surface area contributed by atoms with Gasteiger partial charge in [-0.3, -0.25) is 9.48 Å². The van der Waals surface area contributed by atoms with Gasteiger partial charge in [0, 0.05) is 25.5 Å². The SMILES string of the molecule is Cc1nn(C)cc1S(=O)(=O)NC(=O)c1ccc(-n2ccc(O[C@H]3C[C@@H]4CC[C@H]3C4)n2)nc1Cl. The number of nitrogens with one attached hydrogen (secondary N) is 1. The van der Waals surface area contributed by atoms with Crippen molar-refractivity contribution in [3.8, 4) is 11.7 Å². The second kappa shape index (κ2) is 8.14. The third-order valence-corrected chi connectivity index (χ3v) is 8.03. The second-order valence-electron chi connectivity index (χ2n) is 8.62. The van der Waals surface area contributed by atoms with Gasteiger partial charge in [0.2, 0.25) is 5.88 Å². The molecule has 2 aliphatic rings. The molecule has 12 heteroatoms. The van der Waals surface area contributed by atoms with Gasteiger partial charge in [0.15, 0.2) is 5.82 Å². The summed E-state index contributed by atoms with van der Waals surface area (Å²) in [6.07, 6.45) is 8.06. The van der Waals surface area contributed by atoms with Crippen molar-refractivity contribution >= 4 is 27.5 Å². The quantitative estimate of drug-likeness (QED) is 0.527. The molecule has 1 N–H and O–H groups in total. The lowest BCUT2D eigenvalue weighted by Crippen LogP contribution is -2.31. The van der Waals surface area contributed by atoms with E-state index in [1.54, 1.807) is 26.2 Å². The Balaban J connectivity index is 1.30. The predicted octanol–water partition coefficient (Wildman–Crippen LogP) is 2.65. The minimum atomic E-state index is -4.11. The zero-order valence-electron chi connectivity index (χ0n) is 18.1. The fourth-order valence-electron chi connectivity index (χ4n) is 4.78. The number of nitrogens with zero attached hydrogens (tertiary/aromatic N) is 5. The van der Waals surface area contributed by atoms with Crippen LogP contribution >= 0.6 is 11.6 Å². The normalized spacial score (nSPS) is 22.0. The van der Waals surface area contributed by atoms with Crippen LogP contribution in [0.4, 0.5) is 0 Å². The highest BCUT2D eigenvalue weighted by Gasteiger charge is 2.41. The van der Waals surface area contributed by atoms with E-state index in [0.717, 1.165) is 12.3 Å². The van der Waals surface area contributed by atoms with Crippen molar-refractivity contribution in [1.82, 2.24) is 29.3 Å². The standard InChI is InChI=1S/C21H23ClN6O4S/c1-12-17(11-27(2)24-12)33(30,31)26-21(29)15-5-6-18(23-20(15)22)28-8-7-19(25-28)32-16-10-13-3-4-14(16)9-13/h5-8,11,13-14,16H,3-4,9-10H2,1-2H3,(H,26,29)/t13-,14+,16+/m1/s1. The summed E-state index contributed by atoms with van der Waals surface area (Å²) in [6, 6.07) is 4.71. The lowest BCUT2D eigenvalue weighted by molar-refractivity contribution is 0.0981. The Bertz CT molecular complexity index is 1330. The number of aromatic nitrogens is 5. The predicted molar refractivity (Wildman–Crippen MR) is 119 cm³/mol. The average molecular weight is 491 g/mol. The monoisotopic (exact) mass is 490 g/mol. The molecule has 3 atom stereocenters. The maximum absolute atomic E-state index is 12.6. The van der Waals surface area contributed by atoms with E-state index in [-0.39, 0.29) is 27.4 Å². The topological polar surface area (TPSA) is 121 Å². The van der Waals surface area contributed by atoms with Gasteiger partial charge in [0.05, 0.1) is 11.3 Å². The third-order valence-electron chi connectivity index (χ3n) is 6.31. The number of sulfonamides is 1. The van der Waals surface area contributed by atoms with E-state index in [0.29, 0.717) is 17.6 Å². The van der Waals surface area contributed by atoms with Gasteiger partial charge < -0.3 is 4.74 Å². The molecule has 0 saturated heterocycles. The molecule has 3 heterocycles. The molecule has 0 radical (unpaired) electrons. The van der Waals surface area contributed by atoms with Crippen LogP contribution in [0.3, 0.4) is 0 Å². The molecule has 174 valence electrons. The van der Waals surface area contributed by atoms with E-state index in [4.69, 9.17) is 16.3 Å². The van der Waals surface area contributed by atoms with Gasteiger partial charge in [-0.2, -0.15) is 5.10 Å². The maximum Gasteiger partial charge on any atom is 0.268 e. The molecule has 0 unspecified atom stereocenters. The molecule has 2 saturated carbocycles. The van der Waals surface area contributed by atoms with E-state index in [9.17, 15) is 13.2 Å². The van der Waals surface area contributed by atoms with E-state index >= 15 is 0 Å². The number of amides is 1. The van der Waals surface area contributed by atoms with Crippen LogP contribution in [-0.2, 0) is 17.1 Å². The molecule has 2 bridgehead atoms. The minimum Gasteiger partial charge on any atom is -0.473 e. The molecule has 5 rings (SSSR count). The Morgan fingerprint density at radius 3 is 2.67 bits per heavy atom. The number of carbonyl (C=O) groups excluding carboxylic acids is 1. The van der Waals surface area contributed by atoms with Crippen LogP contribution in [0.1, 0.15) is 41.7 Å². The first kappa shape index (κ1) is 21.9. The molecule has 3 aromatic heterocycles. The number of rotatable bonds is 6. The summed E-state index contributed by atoms with van der Waals surface area (Å²) in [5.41, 5.74) is 0.204. The molecular weight excluding hydrogens is 468 g/mol. The number of halogens is 1. The van der Waals surface area contributed by atoms with Crippen LogP contribution in [0, 0.1) is 18.8 Å². The van der Waals surface area contributed by atoms with Crippen molar-refractivity contribution < 1.29 is 17.9 Å². The Labute approximate surface area is 196 Å².